The second-order valence-electron chi connectivity index (χ2n) is 7.02. The van der Waals surface area contributed by atoms with Gasteiger partial charge in [0.2, 0.25) is 0 Å². The van der Waals surface area contributed by atoms with Gasteiger partial charge in [-0.05, 0) is 57.4 Å². The highest BCUT2D eigenvalue weighted by Gasteiger charge is 2.36. The van der Waals surface area contributed by atoms with Crippen molar-refractivity contribution in [1.82, 2.24) is 4.90 Å². The van der Waals surface area contributed by atoms with Crippen molar-refractivity contribution in [3.8, 4) is 0 Å². The van der Waals surface area contributed by atoms with Crippen molar-refractivity contribution in [2.75, 3.05) is 20.1 Å². The molecule has 4 heteroatoms. The van der Waals surface area contributed by atoms with Crippen molar-refractivity contribution < 1.29 is 13.9 Å². The summed E-state index contributed by atoms with van der Waals surface area (Å²) in [6.45, 7) is 5.99. The molecule has 128 valence electrons. The number of ether oxygens (including phenoxy) is 1. The quantitative estimate of drug-likeness (QED) is 0.746. The maximum Gasteiger partial charge on any atom is 0.312 e. The minimum atomic E-state index is -0.546. The Morgan fingerprint density at radius 2 is 1.91 bits per heavy atom. The van der Waals surface area contributed by atoms with E-state index in [0.29, 0.717) is 6.42 Å². The van der Waals surface area contributed by atoms with Crippen LogP contribution in [-0.4, -0.2) is 37.1 Å². The predicted octanol–water partition coefficient (Wildman–Crippen LogP) is 3.81. The number of hydrogen-bond acceptors (Lipinski definition) is 3. The number of nitrogens with zero attached hydrogens (tertiary/aromatic N) is 1. The molecule has 0 bridgehead atoms. The second kappa shape index (κ2) is 7.91. The van der Waals surface area contributed by atoms with E-state index in [1.54, 1.807) is 12.1 Å². The van der Waals surface area contributed by atoms with Crippen LogP contribution >= 0.6 is 0 Å². The highest BCUT2D eigenvalue weighted by Crippen LogP contribution is 2.31. The maximum atomic E-state index is 13.1. The summed E-state index contributed by atoms with van der Waals surface area (Å²) in [7, 11) is 2.09. The molecule has 1 atom stereocenters. The molecule has 0 N–H and O–H groups in total. The Labute approximate surface area is 138 Å². The molecule has 0 amide bonds. The fourth-order valence-corrected chi connectivity index (χ4v) is 3.26. The number of hydrogen-bond donors (Lipinski definition) is 0. The van der Waals surface area contributed by atoms with Gasteiger partial charge in [-0.3, -0.25) is 4.79 Å². The molecule has 1 aliphatic rings. The minimum absolute atomic E-state index is 0.0306. The van der Waals surface area contributed by atoms with Crippen LogP contribution in [0.1, 0.15) is 45.1 Å². The third-order valence-corrected chi connectivity index (χ3v) is 4.74. The van der Waals surface area contributed by atoms with E-state index in [9.17, 15) is 9.18 Å². The molecule has 0 radical (unpaired) electrons. The first kappa shape index (κ1) is 17.9. The van der Waals surface area contributed by atoms with E-state index in [1.807, 2.05) is 6.92 Å². The summed E-state index contributed by atoms with van der Waals surface area (Å²) in [5, 5.41) is 0. The Kier molecular flexibility index (Phi) is 6.17. The average molecular weight is 321 g/mol. The molecule has 1 fully saturated rings. The zero-order valence-electron chi connectivity index (χ0n) is 14.5. The van der Waals surface area contributed by atoms with Gasteiger partial charge >= 0.3 is 5.97 Å². The first-order chi connectivity index (χ1) is 10.9. The normalized spacial score (nSPS) is 19.3. The minimum Gasteiger partial charge on any atom is -0.462 e. The largest absolute Gasteiger partial charge is 0.462 e. The van der Waals surface area contributed by atoms with Gasteiger partial charge in [0.25, 0.3) is 0 Å². The maximum absolute atomic E-state index is 13.1. The van der Waals surface area contributed by atoms with E-state index in [0.717, 1.165) is 44.3 Å². The molecule has 2 rings (SSSR count). The average Bonchev–Trinajstić information content (AvgIpc) is 2.52. The van der Waals surface area contributed by atoms with Crippen molar-refractivity contribution in [3.05, 3.63) is 35.6 Å². The Hall–Kier alpha value is -1.42. The van der Waals surface area contributed by atoms with Gasteiger partial charge in [0.05, 0.1) is 5.41 Å². The zero-order valence-corrected chi connectivity index (χ0v) is 14.5. The fourth-order valence-electron chi connectivity index (χ4n) is 3.26. The van der Waals surface area contributed by atoms with E-state index in [1.165, 1.54) is 12.1 Å². The molecular formula is C19H28FNO2. The van der Waals surface area contributed by atoms with Crippen LogP contribution in [0.4, 0.5) is 4.39 Å². The van der Waals surface area contributed by atoms with Crippen LogP contribution in [-0.2, 0) is 16.0 Å². The second-order valence-corrected chi connectivity index (χ2v) is 7.02. The molecule has 0 saturated carbocycles. The number of piperidine rings is 1. The number of benzene rings is 1. The van der Waals surface area contributed by atoms with E-state index >= 15 is 0 Å². The van der Waals surface area contributed by atoms with Crippen LogP contribution in [0.2, 0.25) is 0 Å². The molecular weight excluding hydrogens is 293 g/mol. The van der Waals surface area contributed by atoms with Crippen molar-refractivity contribution in [3.63, 3.8) is 0 Å². The molecule has 0 spiro atoms. The molecule has 1 aromatic rings. The summed E-state index contributed by atoms with van der Waals surface area (Å²) in [6.07, 6.45) is 4.12. The molecule has 1 aliphatic heterocycles. The Morgan fingerprint density at radius 1 is 1.30 bits per heavy atom. The first-order valence-electron chi connectivity index (χ1n) is 8.57. The van der Waals surface area contributed by atoms with Crippen LogP contribution in [0, 0.1) is 11.2 Å². The van der Waals surface area contributed by atoms with Crippen LogP contribution in [0.3, 0.4) is 0 Å². The third-order valence-electron chi connectivity index (χ3n) is 4.74. The fraction of sp³-hybridized carbons (Fsp3) is 0.632. The molecule has 3 nitrogen and oxygen atoms in total. The van der Waals surface area contributed by atoms with Gasteiger partial charge in [-0.1, -0.05) is 25.5 Å². The topological polar surface area (TPSA) is 29.5 Å². The van der Waals surface area contributed by atoms with Crippen molar-refractivity contribution in [1.29, 1.82) is 0 Å². The van der Waals surface area contributed by atoms with Gasteiger partial charge in [-0.25, -0.2) is 4.39 Å². The van der Waals surface area contributed by atoms with Crippen LogP contribution < -0.4 is 0 Å². The summed E-state index contributed by atoms with van der Waals surface area (Å²) in [5.74, 6) is -0.363. The third kappa shape index (κ3) is 5.03. The van der Waals surface area contributed by atoms with Gasteiger partial charge in [-0.15, -0.1) is 0 Å². The number of likely N-dealkylation sites (tertiary alicyclic amines) is 1. The SMILES string of the molecule is CCCC(C)(Cc1ccc(F)cc1)C(=O)OC1CCN(C)CC1. The van der Waals surface area contributed by atoms with Gasteiger partial charge in [-0.2, -0.15) is 0 Å². The van der Waals surface area contributed by atoms with E-state index in [2.05, 4.69) is 18.9 Å². The number of rotatable bonds is 6. The van der Waals surface area contributed by atoms with Crippen molar-refractivity contribution >= 4 is 5.97 Å². The Balaban J connectivity index is 2.02. The Morgan fingerprint density at radius 3 is 2.48 bits per heavy atom. The van der Waals surface area contributed by atoms with Crippen molar-refractivity contribution in [2.45, 2.75) is 52.1 Å². The lowest BCUT2D eigenvalue weighted by Crippen LogP contribution is -2.39. The standard InChI is InChI=1S/C19H28FNO2/c1-4-11-19(2,14-15-5-7-16(20)8-6-15)18(22)23-17-9-12-21(3)13-10-17/h5-8,17H,4,9-14H2,1-3H3. The molecule has 0 aromatic heterocycles. The van der Waals surface area contributed by atoms with Crippen LogP contribution in [0.5, 0.6) is 0 Å². The number of halogens is 1. The first-order valence-corrected chi connectivity index (χ1v) is 8.57. The summed E-state index contributed by atoms with van der Waals surface area (Å²) in [6, 6.07) is 6.41. The van der Waals surface area contributed by atoms with Gasteiger partial charge in [0, 0.05) is 13.1 Å². The van der Waals surface area contributed by atoms with E-state index in [-0.39, 0.29) is 17.9 Å². The molecule has 1 heterocycles. The highest BCUT2D eigenvalue weighted by molar-refractivity contribution is 5.77. The highest BCUT2D eigenvalue weighted by atomic mass is 19.1. The summed E-state index contributed by atoms with van der Waals surface area (Å²) in [4.78, 5) is 15.0. The molecule has 1 unspecified atom stereocenters. The number of carbonyl (C=O) groups excluding carboxylic acids is 1. The smallest absolute Gasteiger partial charge is 0.312 e. The zero-order chi connectivity index (χ0) is 16.9. The van der Waals surface area contributed by atoms with Gasteiger partial charge in [0.15, 0.2) is 0 Å². The lowest BCUT2D eigenvalue weighted by molar-refractivity contribution is -0.163. The predicted molar refractivity (Wildman–Crippen MR) is 89.7 cm³/mol. The lowest BCUT2D eigenvalue weighted by atomic mass is 9.79. The van der Waals surface area contributed by atoms with Gasteiger partial charge < -0.3 is 9.64 Å². The molecule has 1 aromatic carbocycles. The van der Waals surface area contributed by atoms with Crippen LogP contribution in [0.25, 0.3) is 0 Å². The summed E-state index contributed by atoms with van der Waals surface area (Å²) in [5.41, 5.74) is 0.429. The molecule has 1 saturated heterocycles. The van der Waals surface area contributed by atoms with Gasteiger partial charge in [0.1, 0.15) is 11.9 Å². The summed E-state index contributed by atoms with van der Waals surface area (Å²) >= 11 is 0. The Bertz CT molecular complexity index is 509. The number of esters is 1. The molecule has 0 aliphatic carbocycles. The summed E-state index contributed by atoms with van der Waals surface area (Å²) < 4.78 is 18.9. The monoisotopic (exact) mass is 321 g/mol. The van der Waals surface area contributed by atoms with E-state index < -0.39 is 5.41 Å². The van der Waals surface area contributed by atoms with Crippen LogP contribution in [0.15, 0.2) is 24.3 Å². The lowest BCUT2D eigenvalue weighted by Gasteiger charge is -2.33. The van der Waals surface area contributed by atoms with Crippen molar-refractivity contribution in [2.24, 2.45) is 5.41 Å². The number of carbonyl (C=O) groups is 1. The molecule has 23 heavy (non-hydrogen) atoms. The van der Waals surface area contributed by atoms with E-state index in [4.69, 9.17) is 4.74 Å².